The summed E-state index contributed by atoms with van der Waals surface area (Å²) in [7, 11) is 2.04. The van der Waals surface area contributed by atoms with Crippen LogP contribution in [0.3, 0.4) is 0 Å². The van der Waals surface area contributed by atoms with E-state index in [1.807, 2.05) is 25.7 Å². The first kappa shape index (κ1) is 11.5. The molecule has 1 unspecified atom stereocenters. The number of hydrogen-bond acceptors (Lipinski definition) is 3. The Morgan fingerprint density at radius 2 is 2.50 bits per heavy atom. The van der Waals surface area contributed by atoms with Crippen LogP contribution in [-0.4, -0.2) is 16.1 Å². The van der Waals surface area contributed by atoms with Gasteiger partial charge in [-0.05, 0) is 18.9 Å². The van der Waals surface area contributed by atoms with Crippen LogP contribution >= 0.6 is 0 Å². The summed E-state index contributed by atoms with van der Waals surface area (Å²) in [5.74, 6) is 2.29. The normalized spacial score (nSPS) is 18.8. The van der Waals surface area contributed by atoms with Crippen LogP contribution in [0.5, 0.6) is 0 Å². The van der Waals surface area contributed by atoms with Gasteiger partial charge in [-0.1, -0.05) is 0 Å². The van der Waals surface area contributed by atoms with Gasteiger partial charge in [0.15, 0.2) is 0 Å². The molecule has 0 aromatic carbocycles. The molecular formula is C14H19N3O. The van der Waals surface area contributed by atoms with E-state index in [4.69, 9.17) is 4.42 Å². The second-order valence-electron chi connectivity index (χ2n) is 4.90. The molecule has 3 rings (SSSR count). The summed E-state index contributed by atoms with van der Waals surface area (Å²) in [4.78, 5) is 4.34. The van der Waals surface area contributed by atoms with Gasteiger partial charge in [-0.15, -0.1) is 0 Å². The topological polar surface area (TPSA) is 43.0 Å². The maximum Gasteiger partial charge on any atom is 0.109 e. The van der Waals surface area contributed by atoms with E-state index in [1.54, 1.807) is 0 Å². The summed E-state index contributed by atoms with van der Waals surface area (Å²) in [6.07, 6.45) is 10.1. The summed E-state index contributed by atoms with van der Waals surface area (Å²) >= 11 is 0. The van der Waals surface area contributed by atoms with Crippen molar-refractivity contribution in [3.63, 3.8) is 0 Å². The van der Waals surface area contributed by atoms with Gasteiger partial charge in [0.25, 0.3) is 0 Å². The predicted octanol–water partition coefficient (Wildman–Crippen LogP) is 2.22. The fourth-order valence-electron chi connectivity index (χ4n) is 2.69. The molecule has 96 valence electrons. The second-order valence-corrected chi connectivity index (χ2v) is 4.90. The lowest BCUT2D eigenvalue weighted by atomic mass is 9.93. The van der Waals surface area contributed by atoms with Crippen molar-refractivity contribution in [1.82, 2.24) is 14.9 Å². The highest BCUT2D eigenvalue weighted by Gasteiger charge is 2.21. The molecule has 18 heavy (non-hydrogen) atoms. The van der Waals surface area contributed by atoms with Gasteiger partial charge in [-0.2, -0.15) is 0 Å². The number of fused-ring (bicyclic) bond motifs is 1. The monoisotopic (exact) mass is 245 g/mol. The van der Waals surface area contributed by atoms with Gasteiger partial charge in [0.1, 0.15) is 11.6 Å². The van der Waals surface area contributed by atoms with E-state index in [0.29, 0.717) is 6.04 Å². The van der Waals surface area contributed by atoms with Crippen molar-refractivity contribution >= 4 is 0 Å². The van der Waals surface area contributed by atoms with Crippen LogP contribution in [0.15, 0.2) is 29.1 Å². The standard InChI is InChI=1S/C14H19N3O/c1-17-9-8-16-14(17)5-7-15-12-3-2-4-13-11(12)6-10-18-13/h6,8-10,12,15H,2-5,7H2,1H3. The first-order valence-corrected chi connectivity index (χ1v) is 6.60. The number of nitrogens with zero attached hydrogens (tertiary/aromatic N) is 2. The van der Waals surface area contributed by atoms with Crippen LogP contribution in [0.25, 0.3) is 0 Å². The number of furan rings is 1. The summed E-state index contributed by atoms with van der Waals surface area (Å²) in [5, 5.41) is 3.62. The number of aromatic nitrogens is 2. The van der Waals surface area contributed by atoms with Crippen molar-refractivity contribution < 1.29 is 4.42 Å². The molecule has 1 aliphatic rings. The van der Waals surface area contributed by atoms with Crippen LogP contribution in [0, 0.1) is 0 Å². The van der Waals surface area contributed by atoms with Crippen molar-refractivity contribution in [3.05, 3.63) is 41.9 Å². The van der Waals surface area contributed by atoms with E-state index >= 15 is 0 Å². The van der Waals surface area contributed by atoms with Crippen LogP contribution < -0.4 is 5.32 Å². The minimum atomic E-state index is 0.452. The Kier molecular flexibility index (Phi) is 3.19. The molecule has 0 saturated carbocycles. The molecule has 0 aliphatic heterocycles. The summed E-state index contributed by atoms with van der Waals surface area (Å²) in [6, 6.07) is 2.56. The summed E-state index contributed by atoms with van der Waals surface area (Å²) in [5.41, 5.74) is 1.35. The molecule has 0 radical (unpaired) electrons. The van der Waals surface area contributed by atoms with E-state index in [9.17, 15) is 0 Å². The van der Waals surface area contributed by atoms with Crippen LogP contribution in [-0.2, 0) is 19.9 Å². The molecule has 1 N–H and O–H groups in total. The highest BCUT2D eigenvalue weighted by Crippen LogP contribution is 2.30. The SMILES string of the molecule is Cn1ccnc1CCNC1CCCc2occc21. The first-order chi connectivity index (χ1) is 8.84. The Bertz CT molecular complexity index is 515. The fraction of sp³-hybridized carbons (Fsp3) is 0.500. The largest absolute Gasteiger partial charge is 0.469 e. The molecule has 1 atom stereocenters. The highest BCUT2D eigenvalue weighted by molar-refractivity contribution is 5.24. The Hall–Kier alpha value is -1.55. The Balaban J connectivity index is 1.57. The van der Waals surface area contributed by atoms with Crippen molar-refractivity contribution in [2.45, 2.75) is 31.7 Å². The van der Waals surface area contributed by atoms with Crippen molar-refractivity contribution in [2.24, 2.45) is 7.05 Å². The fourth-order valence-corrected chi connectivity index (χ4v) is 2.69. The van der Waals surface area contributed by atoms with Crippen LogP contribution in [0.1, 0.15) is 36.0 Å². The molecular weight excluding hydrogens is 226 g/mol. The first-order valence-electron chi connectivity index (χ1n) is 6.60. The Labute approximate surface area is 107 Å². The molecule has 0 amide bonds. The van der Waals surface area contributed by atoms with E-state index in [-0.39, 0.29) is 0 Å². The van der Waals surface area contributed by atoms with E-state index < -0.39 is 0 Å². The molecule has 2 aromatic heterocycles. The van der Waals surface area contributed by atoms with Gasteiger partial charge in [-0.25, -0.2) is 4.98 Å². The predicted molar refractivity (Wildman–Crippen MR) is 69.3 cm³/mol. The van der Waals surface area contributed by atoms with Gasteiger partial charge in [0, 0.05) is 50.4 Å². The smallest absolute Gasteiger partial charge is 0.109 e. The second kappa shape index (κ2) is 4.98. The number of hydrogen-bond donors (Lipinski definition) is 1. The molecule has 0 spiro atoms. The van der Waals surface area contributed by atoms with Crippen LogP contribution in [0.4, 0.5) is 0 Å². The van der Waals surface area contributed by atoms with Gasteiger partial charge < -0.3 is 14.3 Å². The molecule has 0 bridgehead atoms. The minimum absolute atomic E-state index is 0.452. The molecule has 4 heteroatoms. The average Bonchev–Trinajstić information content (AvgIpc) is 2.99. The lowest BCUT2D eigenvalue weighted by Gasteiger charge is -2.22. The lowest BCUT2D eigenvalue weighted by molar-refractivity contribution is 0.412. The maximum atomic E-state index is 5.50. The third-order valence-electron chi connectivity index (χ3n) is 3.71. The van der Waals surface area contributed by atoms with Crippen molar-refractivity contribution in [2.75, 3.05) is 6.54 Å². The molecule has 1 aliphatic carbocycles. The van der Waals surface area contributed by atoms with Gasteiger partial charge >= 0.3 is 0 Å². The van der Waals surface area contributed by atoms with E-state index in [0.717, 1.165) is 31.0 Å². The van der Waals surface area contributed by atoms with Crippen molar-refractivity contribution in [1.29, 1.82) is 0 Å². The number of nitrogens with one attached hydrogen (secondary N) is 1. The summed E-state index contributed by atoms with van der Waals surface area (Å²) < 4.78 is 7.58. The lowest BCUT2D eigenvalue weighted by Crippen LogP contribution is -2.26. The Morgan fingerprint density at radius 1 is 1.56 bits per heavy atom. The Morgan fingerprint density at radius 3 is 3.33 bits per heavy atom. The van der Waals surface area contributed by atoms with Gasteiger partial charge in [0.05, 0.1) is 6.26 Å². The zero-order chi connectivity index (χ0) is 12.4. The van der Waals surface area contributed by atoms with E-state index in [2.05, 4.69) is 20.9 Å². The van der Waals surface area contributed by atoms with Gasteiger partial charge in [-0.3, -0.25) is 0 Å². The molecule has 4 nitrogen and oxygen atoms in total. The summed E-state index contributed by atoms with van der Waals surface area (Å²) in [6.45, 7) is 0.958. The van der Waals surface area contributed by atoms with E-state index in [1.165, 1.54) is 18.4 Å². The van der Waals surface area contributed by atoms with Gasteiger partial charge in [0.2, 0.25) is 0 Å². The molecule has 2 aromatic rings. The maximum absolute atomic E-state index is 5.50. The molecule has 0 saturated heterocycles. The zero-order valence-electron chi connectivity index (χ0n) is 10.7. The zero-order valence-corrected chi connectivity index (χ0v) is 10.7. The quantitative estimate of drug-likeness (QED) is 0.898. The third kappa shape index (κ3) is 2.20. The molecule has 0 fully saturated rings. The minimum Gasteiger partial charge on any atom is -0.469 e. The third-order valence-corrected chi connectivity index (χ3v) is 3.71. The molecule has 2 heterocycles. The number of imidazole rings is 1. The number of aryl methyl sites for hydroxylation is 2. The number of rotatable bonds is 4. The van der Waals surface area contributed by atoms with Crippen molar-refractivity contribution in [3.8, 4) is 0 Å². The highest BCUT2D eigenvalue weighted by atomic mass is 16.3. The average molecular weight is 245 g/mol. The van der Waals surface area contributed by atoms with Crippen LogP contribution in [0.2, 0.25) is 0 Å².